The molecule has 0 aromatic rings. The molecule has 6 nitrogen and oxygen atoms in total. The van der Waals surface area contributed by atoms with E-state index < -0.39 is 24.1 Å². The molecule has 2 amide bonds. The number of aliphatic hydroxyl groups excluding tert-OH is 1. The number of nitrogens with one attached hydrogen (secondary N) is 1. The molecule has 104 valence electrons. The number of β-amino-alcohol motifs (C(OH)–C–C–N with tert-alkyl or cyclic N) is 1. The topological polar surface area (TPSA) is 89.9 Å². The highest BCUT2D eigenvalue weighted by atomic mass is 32.2. The van der Waals surface area contributed by atoms with Gasteiger partial charge in [0, 0.05) is 19.5 Å². The lowest BCUT2D eigenvalue weighted by Gasteiger charge is -2.22. The number of hydrogen-bond donors (Lipinski definition) is 3. The van der Waals surface area contributed by atoms with Gasteiger partial charge in [0.2, 0.25) is 0 Å². The average Bonchev–Trinajstić information content (AvgIpc) is 2.69. The minimum absolute atomic E-state index is 0.0830. The predicted molar refractivity (Wildman–Crippen MR) is 69.7 cm³/mol. The van der Waals surface area contributed by atoms with Gasteiger partial charge < -0.3 is 20.4 Å². The molecule has 18 heavy (non-hydrogen) atoms. The van der Waals surface area contributed by atoms with Crippen LogP contribution >= 0.6 is 11.8 Å². The molecule has 0 saturated carbocycles. The molecule has 0 spiro atoms. The van der Waals surface area contributed by atoms with E-state index in [4.69, 9.17) is 5.11 Å². The zero-order valence-corrected chi connectivity index (χ0v) is 11.4. The standard InChI is InChI=1S/C11H20N2O4S/c1-7(6-18-2)4-12-11(17)13-5-8(14)3-9(13)10(15)16/h7-9,14H,3-6H2,1-2H3,(H,12,17)(H,15,16)/t7?,8?,9-/m0/s1. The summed E-state index contributed by atoms with van der Waals surface area (Å²) < 4.78 is 0. The van der Waals surface area contributed by atoms with Crippen LogP contribution in [0.2, 0.25) is 0 Å². The van der Waals surface area contributed by atoms with Gasteiger partial charge in [-0.15, -0.1) is 0 Å². The van der Waals surface area contributed by atoms with Crippen molar-refractivity contribution >= 4 is 23.8 Å². The lowest BCUT2D eigenvalue weighted by Crippen LogP contribution is -2.47. The number of carboxylic acids is 1. The lowest BCUT2D eigenvalue weighted by molar-refractivity contribution is -0.141. The van der Waals surface area contributed by atoms with Crippen molar-refractivity contribution in [1.29, 1.82) is 0 Å². The molecule has 0 radical (unpaired) electrons. The van der Waals surface area contributed by atoms with Crippen molar-refractivity contribution in [3.8, 4) is 0 Å². The Labute approximate surface area is 111 Å². The molecule has 7 heteroatoms. The maximum atomic E-state index is 11.8. The fourth-order valence-electron chi connectivity index (χ4n) is 1.98. The van der Waals surface area contributed by atoms with E-state index in [9.17, 15) is 14.7 Å². The van der Waals surface area contributed by atoms with Gasteiger partial charge in [-0.1, -0.05) is 6.92 Å². The summed E-state index contributed by atoms with van der Waals surface area (Å²) >= 11 is 1.70. The van der Waals surface area contributed by atoms with Crippen LogP contribution in [0, 0.1) is 5.92 Å². The fourth-order valence-corrected chi connectivity index (χ4v) is 2.67. The number of nitrogens with zero attached hydrogens (tertiary/aromatic N) is 1. The van der Waals surface area contributed by atoms with E-state index >= 15 is 0 Å². The number of amides is 2. The summed E-state index contributed by atoms with van der Waals surface area (Å²) in [5.74, 6) is 0.198. The van der Waals surface area contributed by atoms with Crippen LogP contribution in [0.4, 0.5) is 4.79 Å². The Kier molecular flexibility index (Phi) is 5.74. The van der Waals surface area contributed by atoms with E-state index in [1.54, 1.807) is 11.8 Å². The summed E-state index contributed by atoms with van der Waals surface area (Å²) in [6.45, 7) is 2.61. The molecule has 1 saturated heterocycles. The fraction of sp³-hybridized carbons (Fsp3) is 0.818. The number of rotatable bonds is 5. The molecule has 0 bridgehead atoms. The van der Waals surface area contributed by atoms with Crippen molar-refractivity contribution in [2.45, 2.75) is 25.5 Å². The Hall–Kier alpha value is -0.950. The molecule has 1 heterocycles. The minimum Gasteiger partial charge on any atom is -0.480 e. The van der Waals surface area contributed by atoms with Crippen molar-refractivity contribution in [1.82, 2.24) is 10.2 Å². The Morgan fingerprint density at radius 3 is 2.78 bits per heavy atom. The number of hydrogen-bond acceptors (Lipinski definition) is 4. The van der Waals surface area contributed by atoms with Gasteiger partial charge >= 0.3 is 12.0 Å². The van der Waals surface area contributed by atoms with Crippen molar-refractivity contribution in [2.75, 3.05) is 25.1 Å². The minimum atomic E-state index is -1.07. The molecule has 1 fully saturated rings. The Balaban J connectivity index is 2.47. The van der Waals surface area contributed by atoms with Crippen molar-refractivity contribution in [3.63, 3.8) is 0 Å². The summed E-state index contributed by atoms with van der Waals surface area (Å²) in [7, 11) is 0. The highest BCUT2D eigenvalue weighted by molar-refractivity contribution is 7.98. The molecule has 1 rings (SSSR count). The summed E-state index contributed by atoms with van der Waals surface area (Å²) in [6, 6.07) is -1.33. The Morgan fingerprint density at radius 2 is 2.22 bits per heavy atom. The first-order chi connectivity index (χ1) is 8.45. The number of thioether (sulfide) groups is 1. The van der Waals surface area contributed by atoms with Crippen LogP contribution in [0.1, 0.15) is 13.3 Å². The maximum Gasteiger partial charge on any atom is 0.326 e. The van der Waals surface area contributed by atoms with Crippen molar-refractivity contribution in [3.05, 3.63) is 0 Å². The number of urea groups is 1. The first-order valence-electron chi connectivity index (χ1n) is 5.90. The molecular formula is C11H20N2O4S. The molecule has 2 unspecified atom stereocenters. The monoisotopic (exact) mass is 276 g/mol. The van der Waals surface area contributed by atoms with E-state index in [1.807, 2.05) is 13.2 Å². The second kappa shape index (κ2) is 6.84. The van der Waals surface area contributed by atoms with Crippen LogP contribution in [0.15, 0.2) is 0 Å². The third-order valence-electron chi connectivity index (χ3n) is 2.88. The Bertz CT molecular complexity index is 313. The van der Waals surface area contributed by atoms with Gasteiger partial charge in [0.15, 0.2) is 0 Å². The third-order valence-corrected chi connectivity index (χ3v) is 3.78. The average molecular weight is 276 g/mol. The molecule has 0 aliphatic carbocycles. The summed E-state index contributed by atoms with van der Waals surface area (Å²) in [5.41, 5.74) is 0. The molecule has 3 atom stereocenters. The first kappa shape index (κ1) is 15.1. The number of likely N-dealkylation sites (tertiary alicyclic amines) is 1. The Morgan fingerprint density at radius 1 is 1.56 bits per heavy atom. The van der Waals surface area contributed by atoms with Crippen LogP contribution in [0.25, 0.3) is 0 Å². The van der Waals surface area contributed by atoms with Crippen LogP contribution < -0.4 is 5.32 Å². The lowest BCUT2D eigenvalue weighted by atomic mass is 10.2. The van der Waals surface area contributed by atoms with E-state index in [0.717, 1.165) is 5.75 Å². The summed E-state index contributed by atoms with van der Waals surface area (Å²) in [6.07, 6.45) is 1.35. The van der Waals surface area contributed by atoms with E-state index in [0.29, 0.717) is 12.5 Å². The van der Waals surface area contributed by atoms with Crippen molar-refractivity contribution < 1.29 is 19.8 Å². The van der Waals surface area contributed by atoms with Gasteiger partial charge in [0.05, 0.1) is 6.10 Å². The number of carbonyl (C=O) groups excluding carboxylic acids is 1. The number of aliphatic hydroxyl groups is 1. The van der Waals surface area contributed by atoms with Gasteiger partial charge in [-0.25, -0.2) is 9.59 Å². The van der Waals surface area contributed by atoms with Gasteiger partial charge in [-0.05, 0) is 17.9 Å². The normalized spacial score (nSPS) is 24.9. The molecule has 0 aromatic carbocycles. The quantitative estimate of drug-likeness (QED) is 0.668. The van der Waals surface area contributed by atoms with E-state index in [2.05, 4.69) is 5.32 Å². The molecule has 1 aliphatic rings. The highest BCUT2D eigenvalue weighted by Gasteiger charge is 2.38. The summed E-state index contributed by atoms with van der Waals surface area (Å²) in [5, 5.41) is 21.1. The predicted octanol–water partition coefficient (Wildman–Crippen LogP) is 0.215. The van der Waals surface area contributed by atoms with E-state index in [-0.39, 0.29) is 13.0 Å². The largest absolute Gasteiger partial charge is 0.480 e. The number of aliphatic carboxylic acids is 1. The molecule has 0 aromatic heterocycles. The van der Waals surface area contributed by atoms with Gasteiger partial charge in [0.1, 0.15) is 6.04 Å². The van der Waals surface area contributed by atoms with Gasteiger partial charge in [-0.2, -0.15) is 11.8 Å². The second-order valence-electron chi connectivity index (χ2n) is 4.64. The number of carbonyl (C=O) groups is 2. The second-order valence-corrected chi connectivity index (χ2v) is 5.55. The van der Waals surface area contributed by atoms with Crippen LogP contribution in [-0.4, -0.2) is 64.4 Å². The summed E-state index contributed by atoms with van der Waals surface area (Å²) in [4.78, 5) is 24.0. The molecule has 1 aliphatic heterocycles. The first-order valence-corrected chi connectivity index (χ1v) is 7.29. The van der Waals surface area contributed by atoms with Crippen LogP contribution in [0.3, 0.4) is 0 Å². The molecule has 3 N–H and O–H groups in total. The van der Waals surface area contributed by atoms with Crippen molar-refractivity contribution in [2.24, 2.45) is 5.92 Å². The zero-order chi connectivity index (χ0) is 13.7. The van der Waals surface area contributed by atoms with Crippen LogP contribution in [0.5, 0.6) is 0 Å². The number of carboxylic acid groups (broad SMARTS) is 1. The zero-order valence-electron chi connectivity index (χ0n) is 10.6. The van der Waals surface area contributed by atoms with E-state index in [1.165, 1.54) is 4.90 Å². The van der Waals surface area contributed by atoms with Crippen LogP contribution in [-0.2, 0) is 4.79 Å². The van der Waals surface area contributed by atoms with Gasteiger partial charge in [0.25, 0.3) is 0 Å². The maximum absolute atomic E-state index is 11.8. The smallest absolute Gasteiger partial charge is 0.326 e. The third kappa shape index (κ3) is 4.06. The SMILES string of the molecule is CSCC(C)CNC(=O)N1CC(O)C[C@H]1C(=O)O. The van der Waals surface area contributed by atoms with Gasteiger partial charge in [-0.3, -0.25) is 0 Å². The highest BCUT2D eigenvalue weighted by Crippen LogP contribution is 2.18. The molecular weight excluding hydrogens is 256 g/mol.